The quantitative estimate of drug-likeness (QED) is 0.737. The topological polar surface area (TPSA) is 29.3 Å². The molecule has 22 heavy (non-hydrogen) atoms. The molecule has 0 unspecified atom stereocenters. The van der Waals surface area contributed by atoms with Crippen LogP contribution in [0.4, 0.5) is 0 Å². The summed E-state index contributed by atoms with van der Waals surface area (Å²) >= 11 is 1.79. The average Bonchev–Trinajstić information content (AvgIpc) is 3.16. The maximum atomic E-state index is 5.62. The minimum Gasteiger partial charge on any atom is -0.359 e. The van der Waals surface area contributed by atoms with Crippen LogP contribution in [0, 0.1) is 0 Å². The van der Waals surface area contributed by atoms with E-state index in [2.05, 4.69) is 60.5 Å². The SMILES string of the molecule is CSc1ccc(CN2CCC[C@@H]2c2cc(C(C)C)no2)cc1. The van der Waals surface area contributed by atoms with Crippen molar-refractivity contribution in [2.45, 2.75) is 50.1 Å². The Morgan fingerprint density at radius 1 is 1.32 bits per heavy atom. The molecule has 0 N–H and O–H groups in total. The molecule has 1 aromatic carbocycles. The Kier molecular flexibility index (Phi) is 4.89. The van der Waals surface area contributed by atoms with Crippen LogP contribution >= 0.6 is 11.8 Å². The van der Waals surface area contributed by atoms with Gasteiger partial charge < -0.3 is 4.52 Å². The van der Waals surface area contributed by atoms with Gasteiger partial charge in [-0.05, 0) is 49.3 Å². The summed E-state index contributed by atoms with van der Waals surface area (Å²) in [5, 5.41) is 4.22. The van der Waals surface area contributed by atoms with Crippen molar-refractivity contribution in [3.8, 4) is 0 Å². The van der Waals surface area contributed by atoms with Crippen LogP contribution in [0.1, 0.15) is 55.7 Å². The molecule has 0 aliphatic carbocycles. The average molecular weight is 316 g/mol. The van der Waals surface area contributed by atoms with Crippen molar-refractivity contribution in [2.75, 3.05) is 12.8 Å². The van der Waals surface area contributed by atoms with Gasteiger partial charge in [-0.3, -0.25) is 4.90 Å². The maximum absolute atomic E-state index is 5.62. The van der Waals surface area contributed by atoms with Crippen molar-refractivity contribution in [3.05, 3.63) is 47.3 Å². The second kappa shape index (κ2) is 6.88. The zero-order chi connectivity index (χ0) is 15.5. The van der Waals surface area contributed by atoms with E-state index < -0.39 is 0 Å². The lowest BCUT2D eigenvalue weighted by Crippen LogP contribution is -2.22. The number of hydrogen-bond acceptors (Lipinski definition) is 4. The number of nitrogens with zero attached hydrogens (tertiary/aromatic N) is 2. The first-order chi connectivity index (χ1) is 10.7. The normalized spacial score (nSPS) is 19.2. The molecule has 0 spiro atoms. The molecule has 3 nitrogen and oxygen atoms in total. The summed E-state index contributed by atoms with van der Waals surface area (Å²) < 4.78 is 5.62. The lowest BCUT2D eigenvalue weighted by atomic mass is 10.1. The molecule has 1 saturated heterocycles. The molecule has 1 aliphatic heterocycles. The highest BCUT2D eigenvalue weighted by Crippen LogP contribution is 2.34. The van der Waals surface area contributed by atoms with Gasteiger partial charge >= 0.3 is 0 Å². The predicted octanol–water partition coefficient (Wildman–Crippen LogP) is 4.86. The summed E-state index contributed by atoms with van der Waals surface area (Å²) in [5.41, 5.74) is 2.43. The van der Waals surface area contributed by atoms with Gasteiger partial charge in [0.2, 0.25) is 0 Å². The van der Waals surface area contributed by atoms with Gasteiger partial charge in [-0.15, -0.1) is 11.8 Å². The van der Waals surface area contributed by atoms with Gasteiger partial charge in [0.15, 0.2) is 5.76 Å². The number of likely N-dealkylation sites (tertiary alicyclic amines) is 1. The smallest absolute Gasteiger partial charge is 0.154 e. The molecule has 0 radical (unpaired) electrons. The Morgan fingerprint density at radius 2 is 2.09 bits per heavy atom. The van der Waals surface area contributed by atoms with Crippen molar-refractivity contribution >= 4 is 11.8 Å². The minimum absolute atomic E-state index is 0.375. The summed E-state index contributed by atoms with van der Waals surface area (Å²) in [5.74, 6) is 1.45. The van der Waals surface area contributed by atoms with E-state index in [4.69, 9.17) is 4.52 Å². The lowest BCUT2D eigenvalue weighted by Gasteiger charge is -2.22. The molecule has 1 aliphatic rings. The van der Waals surface area contributed by atoms with E-state index in [1.165, 1.54) is 16.9 Å². The van der Waals surface area contributed by atoms with E-state index in [1.807, 2.05) is 0 Å². The Morgan fingerprint density at radius 3 is 2.73 bits per heavy atom. The second-order valence-electron chi connectivity index (χ2n) is 6.29. The van der Waals surface area contributed by atoms with Gasteiger partial charge in [-0.1, -0.05) is 31.1 Å². The first kappa shape index (κ1) is 15.6. The summed E-state index contributed by atoms with van der Waals surface area (Å²) in [6.45, 7) is 6.42. The largest absolute Gasteiger partial charge is 0.359 e. The van der Waals surface area contributed by atoms with Gasteiger partial charge in [-0.25, -0.2) is 0 Å². The van der Waals surface area contributed by atoms with Crippen LogP contribution in [0.2, 0.25) is 0 Å². The van der Waals surface area contributed by atoms with Crippen molar-refractivity contribution in [3.63, 3.8) is 0 Å². The van der Waals surface area contributed by atoms with Crippen LogP contribution in [0.5, 0.6) is 0 Å². The van der Waals surface area contributed by atoms with Gasteiger partial charge in [0.1, 0.15) is 0 Å². The van der Waals surface area contributed by atoms with Crippen molar-refractivity contribution in [1.82, 2.24) is 10.1 Å². The fourth-order valence-corrected chi connectivity index (χ4v) is 3.44. The van der Waals surface area contributed by atoms with Gasteiger partial charge in [-0.2, -0.15) is 0 Å². The monoisotopic (exact) mass is 316 g/mol. The van der Waals surface area contributed by atoms with Gasteiger partial charge in [0.05, 0.1) is 11.7 Å². The van der Waals surface area contributed by atoms with E-state index >= 15 is 0 Å². The number of aromatic nitrogens is 1. The molecule has 1 aromatic heterocycles. The first-order valence-electron chi connectivity index (χ1n) is 8.01. The number of thioether (sulfide) groups is 1. The number of benzene rings is 1. The highest BCUT2D eigenvalue weighted by molar-refractivity contribution is 7.98. The Bertz CT molecular complexity index is 606. The molecule has 2 heterocycles. The summed E-state index contributed by atoms with van der Waals surface area (Å²) in [4.78, 5) is 3.83. The maximum Gasteiger partial charge on any atom is 0.154 e. The zero-order valence-corrected chi connectivity index (χ0v) is 14.4. The van der Waals surface area contributed by atoms with Gasteiger partial charge in [0.25, 0.3) is 0 Å². The third kappa shape index (κ3) is 3.39. The lowest BCUT2D eigenvalue weighted by molar-refractivity contribution is 0.206. The van der Waals surface area contributed by atoms with Crippen LogP contribution < -0.4 is 0 Å². The summed E-state index contributed by atoms with van der Waals surface area (Å²) in [6.07, 6.45) is 4.50. The molecule has 4 heteroatoms. The molecule has 0 saturated carbocycles. The number of hydrogen-bond donors (Lipinski definition) is 0. The zero-order valence-electron chi connectivity index (χ0n) is 13.6. The molecule has 2 aromatic rings. The Hall–Kier alpha value is -1.26. The third-order valence-corrected chi connectivity index (χ3v) is 5.12. The van der Waals surface area contributed by atoms with Crippen LogP contribution in [-0.2, 0) is 6.54 Å². The van der Waals surface area contributed by atoms with E-state index in [0.717, 1.165) is 31.0 Å². The molecule has 1 atom stereocenters. The molecular weight excluding hydrogens is 292 g/mol. The fraction of sp³-hybridized carbons (Fsp3) is 0.500. The number of rotatable bonds is 5. The molecule has 3 rings (SSSR count). The van der Waals surface area contributed by atoms with Crippen molar-refractivity contribution in [1.29, 1.82) is 0 Å². The van der Waals surface area contributed by atoms with E-state index in [0.29, 0.717) is 12.0 Å². The predicted molar refractivity (Wildman–Crippen MR) is 91.2 cm³/mol. The van der Waals surface area contributed by atoms with Gasteiger partial charge in [0, 0.05) is 17.5 Å². The van der Waals surface area contributed by atoms with E-state index in [-0.39, 0.29) is 0 Å². The van der Waals surface area contributed by atoms with Crippen molar-refractivity contribution < 1.29 is 4.52 Å². The highest BCUT2D eigenvalue weighted by atomic mass is 32.2. The second-order valence-corrected chi connectivity index (χ2v) is 7.17. The van der Waals surface area contributed by atoms with Crippen LogP contribution in [0.25, 0.3) is 0 Å². The van der Waals surface area contributed by atoms with Crippen LogP contribution in [0.3, 0.4) is 0 Å². The van der Waals surface area contributed by atoms with E-state index in [9.17, 15) is 0 Å². The third-order valence-electron chi connectivity index (χ3n) is 4.37. The van der Waals surface area contributed by atoms with Crippen LogP contribution in [-0.4, -0.2) is 22.9 Å². The molecule has 0 bridgehead atoms. The molecular formula is C18H24N2OS. The molecule has 1 fully saturated rings. The standard InChI is InChI=1S/C18H24N2OS/c1-13(2)16-11-18(21-19-16)17-5-4-10-20(17)12-14-6-8-15(22-3)9-7-14/h6-9,11,13,17H,4-5,10,12H2,1-3H3/t17-/m1/s1. The molecule has 0 amide bonds. The Balaban J connectivity index is 1.71. The molecule has 118 valence electrons. The Labute approximate surface area is 137 Å². The van der Waals surface area contributed by atoms with Crippen molar-refractivity contribution in [2.24, 2.45) is 0 Å². The van der Waals surface area contributed by atoms with Crippen LogP contribution in [0.15, 0.2) is 39.8 Å². The fourth-order valence-electron chi connectivity index (χ4n) is 3.04. The first-order valence-corrected chi connectivity index (χ1v) is 9.23. The summed E-state index contributed by atoms with van der Waals surface area (Å²) in [6, 6.07) is 11.4. The minimum atomic E-state index is 0.375. The highest BCUT2D eigenvalue weighted by Gasteiger charge is 2.29. The van der Waals surface area contributed by atoms with E-state index in [1.54, 1.807) is 11.8 Å². The summed E-state index contributed by atoms with van der Waals surface area (Å²) in [7, 11) is 0.